The molecule has 0 aliphatic rings. The van der Waals surface area contributed by atoms with E-state index in [4.69, 9.17) is 9.47 Å². The molecular formula is C13H18O3. The third kappa shape index (κ3) is 3.93. The molecule has 16 heavy (non-hydrogen) atoms. The van der Waals surface area contributed by atoms with E-state index in [1.807, 2.05) is 38.1 Å². The zero-order valence-electron chi connectivity index (χ0n) is 10.0. The van der Waals surface area contributed by atoms with Gasteiger partial charge in [-0.3, -0.25) is 4.79 Å². The van der Waals surface area contributed by atoms with Gasteiger partial charge in [0.25, 0.3) is 0 Å². The van der Waals surface area contributed by atoms with Crippen LogP contribution in [0.4, 0.5) is 0 Å². The summed E-state index contributed by atoms with van der Waals surface area (Å²) in [5.41, 5.74) is 0.891. The first-order valence-electron chi connectivity index (χ1n) is 5.41. The zero-order chi connectivity index (χ0) is 12.0. The van der Waals surface area contributed by atoms with Crippen LogP contribution in [-0.4, -0.2) is 13.1 Å². The predicted molar refractivity (Wildman–Crippen MR) is 62.2 cm³/mol. The highest BCUT2D eigenvalue weighted by Crippen LogP contribution is 2.18. The lowest BCUT2D eigenvalue weighted by atomic mass is 10.1. The van der Waals surface area contributed by atoms with Gasteiger partial charge in [0.2, 0.25) is 0 Å². The second-order valence-corrected chi connectivity index (χ2v) is 4.07. The first-order valence-corrected chi connectivity index (χ1v) is 5.41. The van der Waals surface area contributed by atoms with Gasteiger partial charge >= 0.3 is 5.97 Å². The van der Waals surface area contributed by atoms with Gasteiger partial charge < -0.3 is 9.47 Å². The van der Waals surface area contributed by atoms with Gasteiger partial charge in [-0.2, -0.15) is 0 Å². The third-order valence-corrected chi connectivity index (χ3v) is 2.16. The Bertz CT molecular complexity index is 345. The maximum atomic E-state index is 11.4. The minimum absolute atomic E-state index is 0.166. The number of carbonyl (C=O) groups is 1. The van der Waals surface area contributed by atoms with Crippen LogP contribution < -0.4 is 4.74 Å². The molecule has 0 saturated heterocycles. The Hall–Kier alpha value is -1.51. The zero-order valence-corrected chi connectivity index (χ0v) is 10.0. The van der Waals surface area contributed by atoms with Crippen molar-refractivity contribution in [1.29, 1.82) is 0 Å². The molecule has 1 aromatic carbocycles. The molecule has 0 bridgehead atoms. The Morgan fingerprint density at radius 3 is 2.62 bits per heavy atom. The molecule has 0 fully saturated rings. The van der Waals surface area contributed by atoms with Crippen molar-refractivity contribution in [2.75, 3.05) is 7.11 Å². The Labute approximate surface area is 96.4 Å². The van der Waals surface area contributed by atoms with E-state index in [1.54, 1.807) is 7.11 Å². The van der Waals surface area contributed by atoms with Gasteiger partial charge in [-0.25, -0.2) is 0 Å². The number of esters is 1. The van der Waals surface area contributed by atoms with E-state index >= 15 is 0 Å². The van der Waals surface area contributed by atoms with Crippen molar-refractivity contribution in [3.05, 3.63) is 29.8 Å². The van der Waals surface area contributed by atoms with Gasteiger partial charge in [0, 0.05) is 12.0 Å². The van der Waals surface area contributed by atoms with Crippen molar-refractivity contribution in [3.63, 3.8) is 0 Å². The standard InChI is InChI=1S/C13H18O3/c1-10(2)8-13(14)16-9-11-6-4-5-7-12(11)15-3/h4-7,10H,8-9H2,1-3H3. The smallest absolute Gasteiger partial charge is 0.306 e. The Balaban J connectivity index is 2.51. The largest absolute Gasteiger partial charge is 0.496 e. The summed E-state index contributed by atoms with van der Waals surface area (Å²) in [6.45, 7) is 4.25. The average molecular weight is 222 g/mol. The number of benzene rings is 1. The molecule has 3 heteroatoms. The summed E-state index contributed by atoms with van der Waals surface area (Å²) in [5, 5.41) is 0. The molecule has 0 spiro atoms. The van der Waals surface area contributed by atoms with Crippen LogP contribution in [0.3, 0.4) is 0 Å². The van der Waals surface area contributed by atoms with Crippen molar-refractivity contribution in [2.24, 2.45) is 5.92 Å². The molecule has 1 rings (SSSR count). The van der Waals surface area contributed by atoms with Crippen molar-refractivity contribution >= 4 is 5.97 Å². The summed E-state index contributed by atoms with van der Waals surface area (Å²) in [4.78, 5) is 11.4. The first kappa shape index (κ1) is 12.6. The molecule has 0 atom stereocenters. The number of hydrogen-bond donors (Lipinski definition) is 0. The summed E-state index contributed by atoms with van der Waals surface area (Å²) < 4.78 is 10.3. The maximum Gasteiger partial charge on any atom is 0.306 e. The Kier molecular flexibility index (Phi) is 4.83. The van der Waals surface area contributed by atoms with Gasteiger partial charge in [0.1, 0.15) is 12.4 Å². The summed E-state index contributed by atoms with van der Waals surface area (Å²) in [7, 11) is 1.61. The summed E-state index contributed by atoms with van der Waals surface area (Å²) >= 11 is 0. The van der Waals surface area contributed by atoms with E-state index in [0.717, 1.165) is 11.3 Å². The van der Waals surface area contributed by atoms with E-state index in [1.165, 1.54) is 0 Å². The van der Waals surface area contributed by atoms with E-state index in [2.05, 4.69) is 0 Å². The molecule has 88 valence electrons. The number of hydrogen-bond acceptors (Lipinski definition) is 3. The van der Waals surface area contributed by atoms with Crippen LogP contribution in [0, 0.1) is 5.92 Å². The van der Waals surface area contributed by atoms with Gasteiger partial charge in [-0.1, -0.05) is 32.0 Å². The summed E-state index contributed by atoms with van der Waals surface area (Å²) in [6.07, 6.45) is 0.454. The van der Waals surface area contributed by atoms with Crippen LogP contribution in [-0.2, 0) is 16.1 Å². The highest BCUT2D eigenvalue weighted by Gasteiger charge is 2.08. The molecule has 3 nitrogen and oxygen atoms in total. The lowest BCUT2D eigenvalue weighted by Gasteiger charge is -2.09. The van der Waals surface area contributed by atoms with E-state index < -0.39 is 0 Å². The van der Waals surface area contributed by atoms with Crippen molar-refractivity contribution in [2.45, 2.75) is 26.9 Å². The van der Waals surface area contributed by atoms with Gasteiger partial charge in [0.15, 0.2) is 0 Å². The number of methoxy groups -OCH3 is 1. The molecule has 0 heterocycles. The van der Waals surface area contributed by atoms with E-state index in [-0.39, 0.29) is 12.6 Å². The van der Waals surface area contributed by atoms with Crippen LogP contribution in [0.15, 0.2) is 24.3 Å². The maximum absolute atomic E-state index is 11.4. The van der Waals surface area contributed by atoms with E-state index in [0.29, 0.717) is 12.3 Å². The van der Waals surface area contributed by atoms with Crippen LogP contribution in [0.25, 0.3) is 0 Å². The topological polar surface area (TPSA) is 35.5 Å². The number of ether oxygens (including phenoxy) is 2. The average Bonchev–Trinajstić information content (AvgIpc) is 2.26. The fourth-order valence-corrected chi connectivity index (χ4v) is 1.37. The number of para-hydroxylation sites is 1. The molecule has 0 saturated carbocycles. The number of carbonyl (C=O) groups excluding carboxylic acids is 1. The lowest BCUT2D eigenvalue weighted by Crippen LogP contribution is -2.08. The van der Waals surface area contributed by atoms with Crippen LogP contribution >= 0.6 is 0 Å². The molecule has 1 aromatic rings. The van der Waals surface area contributed by atoms with E-state index in [9.17, 15) is 4.79 Å². The Morgan fingerprint density at radius 1 is 1.31 bits per heavy atom. The van der Waals surface area contributed by atoms with Gasteiger partial charge in [0.05, 0.1) is 7.11 Å². The first-order chi connectivity index (χ1) is 7.63. The van der Waals surface area contributed by atoms with Crippen LogP contribution in [0.2, 0.25) is 0 Å². The molecule has 0 aliphatic heterocycles. The summed E-state index contributed by atoms with van der Waals surface area (Å²) in [5.74, 6) is 0.908. The minimum Gasteiger partial charge on any atom is -0.496 e. The number of rotatable bonds is 5. The molecule has 0 radical (unpaired) electrons. The molecule has 0 amide bonds. The van der Waals surface area contributed by atoms with Crippen LogP contribution in [0.5, 0.6) is 5.75 Å². The van der Waals surface area contributed by atoms with Crippen molar-refractivity contribution < 1.29 is 14.3 Å². The van der Waals surface area contributed by atoms with Crippen LogP contribution in [0.1, 0.15) is 25.8 Å². The quantitative estimate of drug-likeness (QED) is 0.719. The molecular weight excluding hydrogens is 204 g/mol. The third-order valence-electron chi connectivity index (χ3n) is 2.16. The molecule has 0 aliphatic carbocycles. The fourth-order valence-electron chi connectivity index (χ4n) is 1.37. The Morgan fingerprint density at radius 2 is 2.00 bits per heavy atom. The fraction of sp³-hybridized carbons (Fsp3) is 0.462. The summed E-state index contributed by atoms with van der Waals surface area (Å²) in [6, 6.07) is 7.53. The minimum atomic E-state index is -0.166. The highest BCUT2D eigenvalue weighted by atomic mass is 16.5. The normalized spacial score (nSPS) is 10.2. The molecule has 0 N–H and O–H groups in total. The second kappa shape index (κ2) is 6.16. The SMILES string of the molecule is COc1ccccc1COC(=O)CC(C)C. The molecule has 0 unspecified atom stereocenters. The highest BCUT2D eigenvalue weighted by molar-refractivity contribution is 5.69. The molecule has 0 aromatic heterocycles. The van der Waals surface area contributed by atoms with Gasteiger partial charge in [-0.05, 0) is 12.0 Å². The second-order valence-electron chi connectivity index (χ2n) is 4.07. The van der Waals surface area contributed by atoms with Crippen molar-refractivity contribution in [1.82, 2.24) is 0 Å². The predicted octanol–water partition coefficient (Wildman–Crippen LogP) is 2.78. The monoisotopic (exact) mass is 222 g/mol. The lowest BCUT2D eigenvalue weighted by molar-refractivity contribution is -0.145. The van der Waals surface area contributed by atoms with Gasteiger partial charge in [-0.15, -0.1) is 0 Å². The van der Waals surface area contributed by atoms with Crippen molar-refractivity contribution in [3.8, 4) is 5.75 Å².